The monoisotopic (exact) mass is 302 g/mol. The smallest absolute Gasteiger partial charge is 0.387 e. The molecule has 72 valence electrons. The van der Waals surface area contributed by atoms with E-state index in [1.165, 1.54) is 12.1 Å². The number of alkyl halides is 3. The van der Waals surface area contributed by atoms with Gasteiger partial charge in [-0.1, -0.05) is 28.7 Å². The summed E-state index contributed by atoms with van der Waals surface area (Å²) in [5.41, 5.74) is 0.748. The summed E-state index contributed by atoms with van der Waals surface area (Å²) in [6, 6.07) is 3.92. The third-order valence-electron chi connectivity index (χ3n) is 1.37. The van der Waals surface area contributed by atoms with E-state index in [-0.39, 0.29) is 0 Å². The topological polar surface area (TPSA) is 9.23 Å². The Morgan fingerprint density at radius 2 is 2.08 bits per heavy atom. The van der Waals surface area contributed by atoms with Crippen molar-refractivity contribution in [2.75, 3.05) is 0 Å². The molecule has 0 heterocycles. The highest BCUT2D eigenvalue weighted by molar-refractivity contribution is 14.1. The molecule has 0 aliphatic rings. The van der Waals surface area contributed by atoms with E-state index in [2.05, 4.69) is 4.74 Å². The predicted molar refractivity (Wildman–Crippen MR) is 50.8 cm³/mol. The van der Waals surface area contributed by atoms with Crippen LogP contribution < -0.4 is 4.74 Å². The lowest BCUT2D eigenvalue weighted by Gasteiger charge is -2.06. The molecule has 0 N–H and O–H groups in total. The van der Waals surface area contributed by atoms with E-state index in [0.29, 0.717) is 4.43 Å². The fourth-order valence-electron chi connectivity index (χ4n) is 0.817. The summed E-state index contributed by atoms with van der Waals surface area (Å²) in [7, 11) is 0. The molecule has 0 unspecified atom stereocenters. The van der Waals surface area contributed by atoms with Crippen molar-refractivity contribution in [3.05, 3.63) is 29.6 Å². The molecule has 1 aromatic rings. The average Bonchev–Trinajstić information content (AvgIpc) is 2.08. The van der Waals surface area contributed by atoms with E-state index in [0.717, 1.165) is 11.6 Å². The third kappa shape index (κ3) is 3.06. The summed E-state index contributed by atoms with van der Waals surface area (Å²) in [4.78, 5) is 0. The van der Waals surface area contributed by atoms with E-state index in [4.69, 9.17) is 0 Å². The maximum atomic E-state index is 12.8. The van der Waals surface area contributed by atoms with E-state index < -0.39 is 18.2 Å². The fraction of sp³-hybridized carbons (Fsp3) is 0.250. The zero-order valence-electron chi connectivity index (χ0n) is 6.44. The minimum Gasteiger partial charge on any atom is -0.432 e. The Bertz CT molecular complexity index is 291. The third-order valence-corrected chi connectivity index (χ3v) is 2.25. The highest BCUT2D eigenvalue weighted by atomic mass is 127. The van der Waals surface area contributed by atoms with Crippen molar-refractivity contribution >= 4 is 22.6 Å². The number of hydrogen-bond donors (Lipinski definition) is 0. The molecule has 1 rings (SSSR count). The summed E-state index contributed by atoms with van der Waals surface area (Å²) in [6.45, 7) is -2.99. The first-order valence-electron chi connectivity index (χ1n) is 3.42. The molecule has 5 heteroatoms. The molecule has 0 saturated heterocycles. The molecule has 0 radical (unpaired) electrons. The Morgan fingerprint density at radius 1 is 1.38 bits per heavy atom. The van der Waals surface area contributed by atoms with Crippen LogP contribution in [0.2, 0.25) is 0 Å². The van der Waals surface area contributed by atoms with Gasteiger partial charge in [0.25, 0.3) is 0 Å². The van der Waals surface area contributed by atoms with Crippen LogP contribution in [0.5, 0.6) is 5.75 Å². The zero-order valence-corrected chi connectivity index (χ0v) is 8.59. The van der Waals surface area contributed by atoms with Crippen LogP contribution in [0.3, 0.4) is 0 Å². The quantitative estimate of drug-likeness (QED) is 0.614. The maximum absolute atomic E-state index is 12.8. The predicted octanol–water partition coefficient (Wildman–Crippen LogP) is 3.36. The van der Waals surface area contributed by atoms with Crippen molar-refractivity contribution in [1.29, 1.82) is 0 Å². The van der Waals surface area contributed by atoms with Gasteiger partial charge in [-0.15, -0.1) is 0 Å². The van der Waals surface area contributed by atoms with Gasteiger partial charge in [0.1, 0.15) is 0 Å². The zero-order chi connectivity index (χ0) is 9.84. The lowest BCUT2D eigenvalue weighted by molar-refractivity contribution is -0.0522. The molecule has 0 aromatic heterocycles. The van der Waals surface area contributed by atoms with Crippen molar-refractivity contribution < 1.29 is 17.9 Å². The van der Waals surface area contributed by atoms with Crippen molar-refractivity contribution in [1.82, 2.24) is 0 Å². The van der Waals surface area contributed by atoms with Gasteiger partial charge in [-0.25, -0.2) is 4.39 Å². The molecule has 0 aliphatic carbocycles. The molecule has 1 nitrogen and oxygen atoms in total. The molecule has 0 bridgehead atoms. The summed E-state index contributed by atoms with van der Waals surface area (Å²) < 4.78 is 40.9. The molecule has 0 aliphatic heterocycles. The molecule has 0 atom stereocenters. The van der Waals surface area contributed by atoms with Crippen LogP contribution in [0.4, 0.5) is 13.2 Å². The molecule has 1 aromatic carbocycles. The number of benzene rings is 1. The van der Waals surface area contributed by atoms with Crippen LogP contribution in [0.15, 0.2) is 18.2 Å². The standard InChI is InChI=1S/C8H6F3IO/c9-6-2-1-5(4-12)3-7(6)13-8(10)11/h1-3,8H,4H2. The van der Waals surface area contributed by atoms with E-state index in [1.807, 2.05) is 22.6 Å². The van der Waals surface area contributed by atoms with E-state index in [9.17, 15) is 13.2 Å². The van der Waals surface area contributed by atoms with Crippen LogP contribution in [0.25, 0.3) is 0 Å². The highest BCUT2D eigenvalue weighted by Gasteiger charge is 2.09. The Hall–Kier alpha value is -0.460. The number of ether oxygens (including phenoxy) is 1. The first kappa shape index (κ1) is 10.6. The Morgan fingerprint density at radius 3 is 2.62 bits per heavy atom. The van der Waals surface area contributed by atoms with E-state index in [1.54, 1.807) is 0 Å². The average molecular weight is 302 g/mol. The molecular weight excluding hydrogens is 296 g/mol. The van der Waals surface area contributed by atoms with Crippen LogP contribution in [-0.4, -0.2) is 6.61 Å². The lowest BCUT2D eigenvalue weighted by atomic mass is 10.2. The van der Waals surface area contributed by atoms with Gasteiger partial charge in [-0.2, -0.15) is 8.78 Å². The summed E-state index contributed by atoms with van der Waals surface area (Å²) in [5, 5.41) is 0. The summed E-state index contributed by atoms with van der Waals surface area (Å²) in [6.07, 6.45) is 0. The first-order chi connectivity index (χ1) is 6.13. The number of halogens is 4. The van der Waals surface area contributed by atoms with Gasteiger partial charge in [-0.05, 0) is 17.7 Å². The van der Waals surface area contributed by atoms with Gasteiger partial charge in [0, 0.05) is 4.43 Å². The molecule has 0 saturated carbocycles. The normalized spacial score (nSPS) is 10.5. The van der Waals surface area contributed by atoms with Crippen LogP contribution in [-0.2, 0) is 4.43 Å². The molecular formula is C8H6F3IO. The van der Waals surface area contributed by atoms with Gasteiger partial charge in [0.15, 0.2) is 11.6 Å². The first-order valence-corrected chi connectivity index (χ1v) is 4.95. The van der Waals surface area contributed by atoms with Crippen LogP contribution in [0.1, 0.15) is 5.56 Å². The Labute approximate surface area is 87.0 Å². The van der Waals surface area contributed by atoms with E-state index >= 15 is 0 Å². The fourth-order valence-corrected chi connectivity index (χ4v) is 1.29. The second-order valence-corrected chi connectivity index (χ2v) is 3.04. The van der Waals surface area contributed by atoms with Crippen molar-refractivity contribution in [3.8, 4) is 5.75 Å². The van der Waals surface area contributed by atoms with Crippen molar-refractivity contribution in [3.63, 3.8) is 0 Å². The van der Waals surface area contributed by atoms with Gasteiger partial charge < -0.3 is 4.74 Å². The summed E-state index contributed by atoms with van der Waals surface area (Å²) >= 11 is 2.05. The SMILES string of the molecule is Fc1ccc(CI)cc1OC(F)F. The van der Waals surface area contributed by atoms with Crippen molar-refractivity contribution in [2.45, 2.75) is 11.0 Å². The van der Waals surface area contributed by atoms with Gasteiger partial charge >= 0.3 is 6.61 Å². The lowest BCUT2D eigenvalue weighted by Crippen LogP contribution is -2.03. The minimum absolute atomic E-state index is 0.399. The second-order valence-electron chi connectivity index (χ2n) is 2.28. The molecule has 13 heavy (non-hydrogen) atoms. The highest BCUT2D eigenvalue weighted by Crippen LogP contribution is 2.21. The van der Waals surface area contributed by atoms with Crippen LogP contribution in [0, 0.1) is 5.82 Å². The van der Waals surface area contributed by atoms with Crippen LogP contribution >= 0.6 is 22.6 Å². The molecule has 0 amide bonds. The Kier molecular flexibility index (Phi) is 3.83. The van der Waals surface area contributed by atoms with Gasteiger partial charge in [0.05, 0.1) is 0 Å². The largest absolute Gasteiger partial charge is 0.432 e. The molecule has 0 fully saturated rings. The number of hydrogen-bond acceptors (Lipinski definition) is 1. The van der Waals surface area contributed by atoms with Gasteiger partial charge in [0.2, 0.25) is 0 Å². The Balaban J connectivity index is 2.90. The van der Waals surface area contributed by atoms with Crippen molar-refractivity contribution in [2.24, 2.45) is 0 Å². The second kappa shape index (κ2) is 4.69. The van der Waals surface area contributed by atoms with Gasteiger partial charge in [-0.3, -0.25) is 0 Å². The molecule has 0 spiro atoms. The summed E-state index contributed by atoms with van der Waals surface area (Å²) in [5.74, 6) is -1.17. The number of rotatable bonds is 3. The minimum atomic E-state index is -2.99. The maximum Gasteiger partial charge on any atom is 0.387 e.